The van der Waals surface area contributed by atoms with Crippen LogP contribution in [0.4, 0.5) is 5.82 Å². The third kappa shape index (κ3) is 4.52. The number of amides is 1. The Bertz CT molecular complexity index is 1290. The highest BCUT2D eigenvalue weighted by Crippen LogP contribution is 2.49. The van der Waals surface area contributed by atoms with E-state index in [1.165, 1.54) is 0 Å². The van der Waals surface area contributed by atoms with Crippen molar-refractivity contribution >= 4 is 27.1 Å². The number of nitrogens with zero attached hydrogens (tertiary/aromatic N) is 1. The Hall–Kier alpha value is -2.97. The summed E-state index contributed by atoms with van der Waals surface area (Å²) in [4.78, 5) is 18.0. The number of anilines is 1. The molecule has 4 rings (SSSR count). The number of carbonyl (C=O) groups excluding carboxylic acids is 1. The zero-order valence-corrected chi connectivity index (χ0v) is 20.7. The number of aryl methyl sites for hydroxylation is 1. The van der Waals surface area contributed by atoms with Gasteiger partial charge in [0.1, 0.15) is 5.82 Å². The Labute approximate surface area is 200 Å². The molecule has 0 saturated heterocycles. The van der Waals surface area contributed by atoms with Crippen LogP contribution in [0.3, 0.4) is 0 Å². The van der Waals surface area contributed by atoms with Crippen molar-refractivity contribution in [3.63, 3.8) is 0 Å². The Kier molecular flexibility index (Phi) is 6.64. The molecular weight excluding hydrogens is 450 g/mol. The van der Waals surface area contributed by atoms with E-state index in [9.17, 15) is 18.3 Å². The predicted octanol–water partition coefficient (Wildman–Crippen LogP) is 3.36. The molecule has 1 aliphatic carbocycles. The fraction of sp³-hybridized carbons (Fsp3) is 0.385. The fourth-order valence-electron chi connectivity index (χ4n) is 4.62. The maximum atomic E-state index is 13.1. The lowest BCUT2D eigenvalue weighted by Gasteiger charge is -2.30. The molecule has 2 unspecified atom stereocenters. The monoisotopic (exact) mass is 481 g/mol. The van der Waals surface area contributed by atoms with Crippen molar-refractivity contribution < 1.29 is 18.3 Å². The highest BCUT2D eigenvalue weighted by atomic mass is 32.2. The van der Waals surface area contributed by atoms with Crippen LogP contribution >= 0.6 is 0 Å². The Morgan fingerprint density at radius 3 is 2.74 bits per heavy atom. The van der Waals surface area contributed by atoms with Crippen LogP contribution in [-0.4, -0.2) is 48.9 Å². The molecule has 180 valence electrons. The summed E-state index contributed by atoms with van der Waals surface area (Å²) in [6, 6.07) is 8.88. The van der Waals surface area contributed by atoms with Crippen LogP contribution in [0.15, 0.2) is 58.6 Å². The number of aliphatic hydroxyl groups excluding tert-OH is 1. The van der Waals surface area contributed by atoms with Gasteiger partial charge in [0.25, 0.3) is 5.91 Å². The van der Waals surface area contributed by atoms with E-state index in [4.69, 9.17) is 0 Å². The van der Waals surface area contributed by atoms with Gasteiger partial charge in [-0.3, -0.25) is 4.79 Å². The minimum absolute atomic E-state index is 0.0189. The Morgan fingerprint density at radius 2 is 2.03 bits per heavy atom. The van der Waals surface area contributed by atoms with Gasteiger partial charge in [0.05, 0.1) is 22.8 Å². The van der Waals surface area contributed by atoms with E-state index in [0.29, 0.717) is 18.5 Å². The summed E-state index contributed by atoms with van der Waals surface area (Å²) in [5.41, 5.74) is 5.16. The molecule has 34 heavy (non-hydrogen) atoms. The van der Waals surface area contributed by atoms with Crippen LogP contribution in [-0.2, 0) is 14.6 Å². The largest absolute Gasteiger partial charge is 0.393 e. The second-order valence-electron chi connectivity index (χ2n) is 9.07. The van der Waals surface area contributed by atoms with Gasteiger partial charge in [0, 0.05) is 29.8 Å². The molecule has 3 atom stereocenters. The number of benzene rings is 1. The van der Waals surface area contributed by atoms with E-state index < -0.39 is 15.9 Å². The van der Waals surface area contributed by atoms with Crippen LogP contribution in [0.5, 0.6) is 0 Å². The van der Waals surface area contributed by atoms with E-state index >= 15 is 0 Å². The summed E-state index contributed by atoms with van der Waals surface area (Å²) < 4.78 is 25.1. The highest BCUT2D eigenvalue weighted by Gasteiger charge is 2.41. The van der Waals surface area contributed by atoms with Gasteiger partial charge >= 0.3 is 0 Å². The summed E-state index contributed by atoms with van der Waals surface area (Å²) in [5.74, 6) is 0.480. The molecule has 0 spiro atoms. The molecule has 0 saturated carbocycles. The van der Waals surface area contributed by atoms with E-state index in [2.05, 4.69) is 21.7 Å². The lowest BCUT2D eigenvalue weighted by Crippen LogP contribution is -2.33. The van der Waals surface area contributed by atoms with Crippen LogP contribution in [0.2, 0.25) is 0 Å². The highest BCUT2D eigenvalue weighted by molar-refractivity contribution is 7.91. The molecular formula is C26H31N3O4S. The third-order valence-electron chi connectivity index (χ3n) is 6.54. The van der Waals surface area contributed by atoms with Gasteiger partial charge in [-0.2, -0.15) is 0 Å². The minimum atomic E-state index is -3.38. The second kappa shape index (κ2) is 9.35. The van der Waals surface area contributed by atoms with Crippen molar-refractivity contribution in [3.05, 3.63) is 70.4 Å². The normalized spacial score (nSPS) is 20.2. The predicted molar refractivity (Wildman–Crippen MR) is 133 cm³/mol. The number of rotatable bonds is 7. The molecule has 7 nitrogen and oxygen atoms in total. The number of aliphatic hydroxyl groups is 1. The molecule has 3 N–H and O–H groups in total. The third-order valence-corrected chi connectivity index (χ3v) is 8.27. The van der Waals surface area contributed by atoms with Gasteiger partial charge in [0.2, 0.25) is 0 Å². The van der Waals surface area contributed by atoms with Gasteiger partial charge in [-0.15, -0.1) is 0 Å². The smallest absolute Gasteiger partial charge is 0.251 e. The molecule has 2 aliphatic rings. The molecule has 1 aromatic carbocycles. The van der Waals surface area contributed by atoms with Crippen molar-refractivity contribution in [2.75, 3.05) is 17.6 Å². The van der Waals surface area contributed by atoms with Gasteiger partial charge in [-0.25, -0.2) is 13.4 Å². The number of pyridine rings is 1. The van der Waals surface area contributed by atoms with Crippen LogP contribution in [0.1, 0.15) is 49.8 Å². The molecule has 0 bridgehead atoms. The first-order chi connectivity index (χ1) is 16.1. The Balaban J connectivity index is 1.82. The van der Waals surface area contributed by atoms with E-state index in [0.717, 1.165) is 33.7 Å². The summed E-state index contributed by atoms with van der Waals surface area (Å²) in [6.45, 7) is 7.61. The van der Waals surface area contributed by atoms with Crippen LogP contribution in [0, 0.1) is 6.92 Å². The standard InChI is InChI=1S/C26H31N3O4S/c1-5-34(32,33)19-8-6-7-18(12-19)21-13-20(26(31)27-10-9-16(3)30)17(4)24-23(21)22-11-15(2)14-28-25(22)29-24/h6-8,11-14,16,23-24,30H,5,9-10H2,1-4H3,(H,27,31)(H,28,29)/t16-,23?,24?/m0/s1. The summed E-state index contributed by atoms with van der Waals surface area (Å²) in [6.07, 6.45) is 3.65. The van der Waals surface area contributed by atoms with Gasteiger partial charge in [-0.05, 0) is 67.7 Å². The molecule has 2 heterocycles. The van der Waals surface area contributed by atoms with E-state index in [1.54, 1.807) is 32.0 Å². The molecule has 1 aliphatic heterocycles. The molecule has 0 radical (unpaired) electrons. The topological polar surface area (TPSA) is 108 Å². The van der Waals surface area contributed by atoms with Gasteiger partial charge in [-0.1, -0.05) is 25.1 Å². The molecule has 1 aromatic heterocycles. The number of sulfone groups is 1. The van der Waals surface area contributed by atoms with Crippen LogP contribution < -0.4 is 10.6 Å². The number of fused-ring (bicyclic) bond motifs is 3. The van der Waals surface area contributed by atoms with Crippen LogP contribution in [0.25, 0.3) is 5.57 Å². The lowest BCUT2D eigenvalue weighted by atomic mass is 9.75. The number of nitrogens with one attached hydrogen (secondary N) is 2. The number of aromatic nitrogens is 1. The van der Waals surface area contributed by atoms with Crippen molar-refractivity contribution in [3.8, 4) is 0 Å². The zero-order chi connectivity index (χ0) is 24.6. The first-order valence-electron chi connectivity index (χ1n) is 11.6. The Morgan fingerprint density at radius 1 is 1.26 bits per heavy atom. The second-order valence-corrected chi connectivity index (χ2v) is 11.3. The first kappa shape index (κ1) is 24.2. The lowest BCUT2D eigenvalue weighted by molar-refractivity contribution is -0.117. The first-order valence-corrected chi connectivity index (χ1v) is 13.2. The molecule has 2 aromatic rings. The quantitative estimate of drug-likeness (QED) is 0.560. The average molecular weight is 482 g/mol. The maximum absolute atomic E-state index is 13.1. The zero-order valence-electron chi connectivity index (χ0n) is 19.9. The summed E-state index contributed by atoms with van der Waals surface area (Å²) in [7, 11) is -3.38. The van der Waals surface area contributed by atoms with Crippen molar-refractivity contribution in [2.24, 2.45) is 0 Å². The fourth-order valence-corrected chi connectivity index (χ4v) is 5.55. The maximum Gasteiger partial charge on any atom is 0.251 e. The number of hydrogen-bond acceptors (Lipinski definition) is 6. The molecule has 0 fully saturated rings. The van der Waals surface area contributed by atoms with Gasteiger partial charge in [0.15, 0.2) is 9.84 Å². The minimum Gasteiger partial charge on any atom is -0.393 e. The molecule has 8 heteroatoms. The van der Waals surface area contributed by atoms with E-state index in [-0.39, 0.29) is 28.5 Å². The van der Waals surface area contributed by atoms with E-state index in [1.807, 2.05) is 32.2 Å². The van der Waals surface area contributed by atoms with Crippen molar-refractivity contribution in [1.82, 2.24) is 10.3 Å². The van der Waals surface area contributed by atoms with Gasteiger partial charge < -0.3 is 15.7 Å². The molecule has 1 amide bonds. The SMILES string of the molecule is CCS(=O)(=O)c1cccc(C2=CC(C(=O)NCC[C@H](C)O)=C(C)C3Nc4ncc(C)cc4C23)c1. The summed E-state index contributed by atoms with van der Waals surface area (Å²) in [5, 5.41) is 15.9. The number of carbonyl (C=O) groups is 1. The van der Waals surface area contributed by atoms with Crippen molar-refractivity contribution in [2.45, 2.75) is 57.1 Å². The summed E-state index contributed by atoms with van der Waals surface area (Å²) >= 11 is 0. The van der Waals surface area contributed by atoms with Crippen molar-refractivity contribution in [1.29, 1.82) is 0 Å². The average Bonchev–Trinajstić information content (AvgIpc) is 3.18. The number of hydrogen-bond donors (Lipinski definition) is 3.